The minimum absolute atomic E-state index is 0.199. The summed E-state index contributed by atoms with van der Waals surface area (Å²) in [6.45, 7) is 0.504. The van der Waals surface area contributed by atoms with Crippen LogP contribution >= 0.6 is 0 Å². The van der Waals surface area contributed by atoms with Crippen molar-refractivity contribution in [3.8, 4) is 5.75 Å². The summed E-state index contributed by atoms with van der Waals surface area (Å²) in [6, 6.07) is 7.05. The quantitative estimate of drug-likeness (QED) is 0.556. The average Bonchev–Trinajstić information content (AvgIpc) is 2.33. The molecule has 0 aromatic heterocycles. The van der Waals surface area contributed by atoms with Gasteiger partial charge in [0.25, 0.3) is 0 Å². The smallest absolute Gasteiger partial charge is 0.303 e. The van der Waals surface area contributed by atoms with Gasteiger partial charge >= 0.3 is 5.97 Å². The van der Waals surface area contributed by atoms with Crippen molar-refractivity contribution in [2.24, 2.45) is 0 Å². The van der Waals surface area contributed by atoms with Gasteiger partial charge in [-0.2, -0.15) is 0 Å². The summed E-state index contributed by atoms with van der Waals surface area (Å²) in [5.74, 6) is -0.182. The maximum atomic E-state index is 10.7. The van der Waals surface area contributed by atoms with Crippen LogP contribution in [0.15, 0.2) is 24.3 Å². The molecule has 0 bridgehead atoms. The molecule has 1 N–H and O–H groups in total. The van der Waals surface area contributed by atoms with Crippen LogP contribution in [0.1, 0.15) is 36.0 Å². The van der Waals surface area contributed by atoms with E-state index in [1.165, 1.54) is 0 Å². The summed E-state index contributed by atoms with van der Waals surface area (Å²) in [5, 5.41) is 8.45. The van der Waals surface area contributed by atoms with Gasteiger partial charge in [0.1, 0.15) is 5.75 Å². The van der Waals surface area contributed by atoms with Gasteiger partial charge in [0, 0.05) is 6.42 Å². The van der Waals surface area contributed by atoms with Crippen molar-refractivity contribution in [3.05, 3.63) is 29.8 Å². The lowest BCUT2D eigenvalue weighted by atomic mass is 10.2. The molecule has 92 valence electrons. The first-order chi connectivity index (χ1) is 8.24. The van der Waals surface area contributed by atoms with E-state index in [-0.39, 0.29) is 6.42 Å². The average molecular weight is 236 g/mol. The lowest BCUT2D eigenvalue weighted by Crippen LogP contribution is -2.00. The fraction of sp³-hybridized carbons (Fsp3) is 0.385. The number of carboxylic acids is 1. The Morgan fingerprint density at radius 3 is 2.71 bits per heavy atom. The first-order valence-electron chi connectivity index (χ1n) is 5.63. The Bertz CT molecular complexity index is 373. The molecule has 1 rings (SSSR count). The molecule has 0 aliphatic carbocycles. The highest BCUT2D eigenvalue weighted by molar-refractivity contribution is 5.79. The normalized spacial score (nSPS) is 9.88. The molecular weight excluding hydrogens is 220 g/mol. The van der Waals surface area contributed by atoms with Crippen molar-refractivity contribution in [1.82, 2.24) is 0 Å². The van der Waals surface area contributed by atoms with E-state index in [2.05, 4.69) is 0 Å². The third kappa shape index (κ3) is 5.15. The van der Waals surface area contributed by atoms with Gasteiger partial charge in [-0.25, -0.2) is 0 Å². The molecule has 0 atom stereocenters. The van der Waals surface area contributed by atoms with E-state index in [9.17, 15) is 9.59 Å². The summed E-state index contributed by atoms with van der Waals surface area (Å²) in [7, 11) is 0. The first-order valence-corrected chi connectivity index (χ1v) is 5.63. The topological polar surface area (TPSA) is 63.6 Å². The monoisotopic (exact) mass is 236 g/mol. The number of carboxylic acid groups (broad SMARTS) is 1. The van der Waals surface area contributed by atoms with E-state index >= 15 is 0 Å². The van der Waals surface area contributed by atoms with E-state index in [4.69, 9.17) is 9.84 Å². The molecule has 0 heterocycles. The summed E-state index contributed by atoms with van der Waals surface area (Å²) < 4.78 is 5.46. The molecule has 0 fully saturated rings. The van der Waals surface area contributed by atoms with Crippen LogP contribution in [0.4, 0.5) is 0 Å². The predicted molar refractivity (Wildman–Crippen MR) is 63.4 cm³/mol. The molecule has 4 heteroatoms. The Morgan fingerprint density at radius 1 is 1.24 bits per heavy atom. The number of hydrogen-bond acceptors (Lipinski definition) is 3. The standard InChI is InChI=1S/C13H16O4/c14-10-11-6-3-4-7-12(11)17-9-5-1-2-8-13(15)16/h3-4,6-7,10H,1-2,5,8-9H2,(H,15,16). The molecular formula is C13H16O4. The lowest BCUT2D eigenvalue weighted by molar-refractivity contribution is -0.137. The van der Waals surface area contributed by atoms with Gasteiger partial charge < -0.3 is 9.84 Å². The van der Waals surface area contributed by atoms with E-state index in [0.717, 1.165) is 19.1 Å². The highest BCUT2D eigenvalue weighted by Crippen LogP contribution is 2.16. The van der Waals surface area contributed by atoms with E-state index in [1.807, 2.05) is 6.07 Å². The molecule has 1 aromatic carbocycles. The zero-order valence-electron chi connectivity index (χ0n) is 9.59. The van der Waals surface area contributed by atoms with Crippen molar-refractivity contribution in [2.75, 3.05) is 6.61 Å². The summed E-state index contributed by atoms with van der Waals surface area (Å²) >= 11 is 0. The summed E-state index contributed by atoms with van der Waals surface area (Å²) in [5.41, 5.74) is 0.540. The Morgan fingerprint density at radius 2 is 2.00 bits per heavy atom. The molecule has 0 aliphatic rings. The Kier molecular flexibility index (Phi) is 5.79. The van der Waals surface area contributed by atoms with Crippen LogP contribution in [0.25, 0.3) is 0 Å². The molecule has 1 aromatic rings. The molecule has 0 radical (unpaired) electrons. The minimum Gasteiger partial charge on any atom is -0.493 e. The lowest BCUT2D eigenvalue weighted by Gasteiger charge is -2.07. The van der Waals surface area contributed by atoms with Crippen LogP contribution in [0, 0.1) is 0 Å². The number of ether oxygens (including phenoxy) is 1. The number of aliphatic carboxylic acids is 1. The third-order valence-corrected chi connectivity index (χ3v) is 2.34. The predicted octanol–water partition coefficient (Wildman–Crippen LogP) is 2.52. The summed E-state index contributed by atoms with van der Waals surface area (Å²) in [6.07, 6.45) is 3.23. The molecule has 4 nitrogen and oxygen atoms in total. The van der Waals surface area contributed by atoms with Crippen molar-refractivity contribution < 1.29 is 19.4 Å². The van der Waals surface area contributed by atoms with Crippen molar-refractivity contribution in [1.29, 1.82) is 0 Å². The second kappa shape index (κ2) is 7.44. The van der Waals surface area contributed by atoms with E-state index in [1.54, 1.807) is 18.2 Å². The van der Waals surface area contributed by atoms with Crippen LogP contribution in [-0.4, -0.2) is 24.0 Å². The SMILES string of the molecule is O=Cc1ccccc1OCCCCCC(=O)O. The van der Waals surface area contributed by atoms with Gasteiger partial charge in [0.2, 0.25) is 0 Å². The minimum atomic E-state index is -0.766. The molecule has 0 unspecified atom stereocenters. The van der Waals surface area contributed by atoms with Crippen molar-refractivity contribution in [3.63, 3.8) is 0 Å². The van der Waals surface area contributed by atoms with Crippen molar-refractivity contribution >= 4 is 12.3 Å². The van der Waals surface area contributed by atoms with Crippen molar-refractivity contribution in [2.45, 2.75) is 25.7 Å². The van der Waals surface area contributed by atoms with Crippen LogP contribution in [0.5, 0.6) is 5.75 Å². The van der Waals surface area contributed by atoms with Crippen LogP contribution < -0.4 is 4.74 Å². The molecule has 0 aliphatic heterocycles. The number of para-hydroxylation sites is 1. The number of hydrogen-bond donors (Lipinski definition) is 1. The fourth-order valence-corrected chi connectivity index (χ4v) is 1.45. The highest BCUT2D eigenvalue weighted by Gasteiger charge is 2.01. The molecule has 0 saturated carbocycles. The van der Waals surface area contributed by atoms with Gasteiger partial charge in [-0.15, -0.1) is 0 Å². The number of carbonyl (C=O) groups is 2. The highest BCUT2D eigenvalue weighted by atomic mass is 16.5. The number of unbranched alkanes of at least 4 members (excludes halogenated alkanes) is 2. The zero-order valence-corrected chi connectivity index (χ0v) is 9.59. The number of aldehydes is 1. The van der Waals surface area contributed by atoms with Gasteiger partial charge in [0.15, 0.2) is 6.29 Å². The largest absolute Gasteiger partial charge is 0.493 e. The van der Waals surface area contributed by atoms with Gasteiger partial charge in [-0.05, 0) is 31.4 Å². The molecule has 0 saturated heterocycles. The third-order valence-electron chi connectivity index (χ3n) is 2.34. The van der Waals surface area contributed by atoms with E-state index < -0.39 is 5.97 Å². The van der Waals surface area contributed by atoms with Gasteiger partial charge in [-0.3, -0.25) is 9.59 Å². The van der Waals surface area contributed by atoms with Crippen LogP contribution in [0.3, 0.4) is 0 Å². The first kappa shape index (κ1) is 13.2. The summed E-state index contributed by atoms with van der Waals surface area (Å²) in [4.78, 5) is 21.0. The van der Waals surface area contributed by atoms with Gasteiger partial charge in [-0.1, -0.05) is 12.1 Å². The maximum Gasteiger partial charge on any atom is 0.303 e. The second-order valence-electron chi connectivity index (χ2n) is 3.71. The maximum absolute atomic E-state index is 10.7. The number of benzene rings is 1. The number of rotatable bonds is 8. The Hall–Kier alpha value is -1.84. The Labute approximate surface area is 100 Å². The van der Waals surface area contributed by atoms with Crippen LogP contribution in [-0.2, 0) is 4.79 Å². The van der Waals surface area contributed by atoms with Gasteiger partial charge in [0.05, 0.1) is 12.2 Å². The molecule has 0 amide bonds. The van der Waals surface area contributed by atoms with E-state index in [0.29, 0.717) is 24.3 Å². The molecule has 17 heavy (non-hydrogen) atoms. The Balaban J connectivity index is 2.22. The van der Waals surface area contributed by atoms with Crippen LogP contribution in [0.2, 0.25) is 0 Å². The zero-order chi connectivity index (χ0) is 12.5. The molecule has 0 spiro atoms. The fourth-order valence-electron chi connectivity index (χ4n) is 1.45. The second-order valence-corrected chi connectivity index (χ2v) is 3.71. The number of carbonyl (C=O) groups excluding carboxylic acids is 1.